The molecule has 24 heavy (non-hydrogen) atoms. The molecule has 0 aromatic heterocycles. The number of ether oxygens (including phenoxy) is 1. The van der Waals surface area contributed by atoms with Gasteiger partial charge in [-0.1, -0.05) is 24.3 Å². The van der Waals surface area contributed by atoms with Gasteiger partial charge in [0.25, 0.3) is 5.91 Å². The fourth-order valence-corrected chi connectivity index (χ4v) is 2.73. The SMILES string of the molecule is CCOCC1(CNC(=O)c2cccc(-c3ccc(O)cc3)c2)CC1. The van der Waals surface area contributed by atoms with Gasteiger partial charge in [-0.15, -0.1) is 0 Å². The molecule has 0 spiro atoms. The summed E-state index contributed by atoms with van der Waals surface area (Å²) in [7, 11) is 0. The summed E-state index contributed by atoms with van der Waals surface area (Å²) in [5.74, 6) is 0.176. The number of nitrogens with one attached hydrogen (secondary N) is 1. The van der Waals surface area contributed by atoms with Crippen molar-refractivity contribution in [3.63, 3.8) is 0 Å². The molecule has 126 valence electrons. The molecular formula is C20H23NO3. The smallest absolute Gasteiger partial charge is 0.251 e. The molecule has 0 heterocycles. The summed E-state index contributed by atoms with van der Waals surface area (Å²) in [6.07, 6.45) is 2.22. The predicted octanol–water partition coefficient (Wildman–Crippen LogP) is 3.61. The number of hydrogen-bond acceptors (Lipinski definition) is 3. The molecule has 0 saturated heterocycles. The fraction of sp³-hybridized carbons (Fsp3) is 0.350. The van der Waals surface area contributed by atoms with Crippen LogP contribution in [0.15, 0.2) is 48.5 Å². The van der Waals surface area contributed by atoms with E-state index in [1.54, 1.807) is 12.1 Å². The van der Waals surface area contributed by atoms with E-state index < -0.39 is 0 Å². The maximum Gasteiger partial charge on any atom is 0.251 e. The van der Waals surface area contributed by atoms with E-state index >= 15 is 0 Å². The maximum absolute atomic E-state index is 12.4. The van der Waals surface area contributed by atoms with Crippen LogP contribution in [0.4, 0.5) is 0 Å². The van der Waals surface area contributed by atoms with Crippen LogP contribution in [0.3, 0.4) is 0 Å². The minimum absolute atomic E-state index is 0.0570. The average molecular weight is 325 g/mol. The molecule has 0 aliphatic heterocycles. The lowest BCUT2D eigenvalue weighted by atomic mass is 10.0. The van der Waals surface area contributed by atoms with Crippen molar-refractivity contribution in [1.29, 1.82) is 0 Å². The van der Waals surface area contributed by atoms with E-state index in [-0.39, 0.29) is 17.1 Å². The summed E-state index contributed by atoms with van der Waals surface area (Å²) in [5, 5.41) is 12.4. The first-order valence-electron chi connectivity index (χ1n) is 8.37. The Morgan fingerprint density at radius 2 is 1.92 bits per heavy atom. The van der Waals surface area contributed by atoms with Crippen molar-refractivity contribution in [3.8, 4) is 16.9 Å². The molecule has 1 amide bonds. The number of carbonyl (C=O) groups is 1. The fourth-order valence-electron chi connectivity index (χ4n) is 2.73. The van der Waals surface area contributed by atoms with Crippen molar-refractivity contribution in [3.05, 3.63) is 54.1 Å². The minimum Gasteiger partial charge on any atom is -0.508 e. The number of amides is 1. The molecule has 0 bridgehead atoms. The summed E-state index contributed by atoms with van der Waals surface area (Å²) in [4.78, 5) is 12.4. The molecule has 1 aliphatic carbocycles. The number of rotatable bonds is 7. The van der Waals surface area contributed by atoms with Gasteiger partial charge in [-0.2, -0.15) is 0 Å². The van der Waals surface area contributed by atoms with Gasteiger partial charge in [0.15, 0.2) is 0 Å². The van der Waals surface area contributed by atoms with Crippen molar-refractivity contribution in [2.24, 2.45) is 5.41 Å². The van der Waals surface area contributed by atoms with Gasteiger partial charge < -0.3 is 15.2 Å². The Hall–Kier alpha value is -2.33. The highest BCUT2D eigenvalue weighted by Crippen LogP contribution is 2.45. The van der Waals surface area contributed by atoms with Crippen LogP contribution in [-0.4, -0.2) is 30.8 Å². The second-order valence-electron chi connectivity index (χ2n) is 6.45. The van der Waals surface area contributed by atoms with Crippen LogP contribution in [0.2, 0.25) is 0 Å². The zero-order chi connectivity index (χ0) is 17.0. The van der Waals surface area contributed by atoms with Gasteiger partial charge in [0.2, 0.25) is 0 Å². The van der Waals surface area contributed by atoms with E-state index in [4.69, 9.17) is 4.74 Å². The number of benzene rings is 2. The van der Waals surface area contributed by atoms with Crippen LogP contribution in [0.1, 0.15) is 30.1 Å². The van der Waals surface area contributed by atoms with E-state index in [1.807, 2.05) is 43.3 Å². The van der Waals surface area contributed by atoms with Gasteiger partial charge in [-0.05, 0) is 55.2 Å². The molecule has 2 N–H and O–H groups in total. The molecule has 1 aliphatic rings. The third-order valence-corrected chi connectivity index (χ3v) is 4.52. The molecule has 1 fully saturated rings. The van der Waals surface area contributed by atoms with Crippen molar-refractivity contribution in [2.45, 2.75) is 19.8 Å². The third-order valence-electron chi connectivity index (χ3n) is 4.52. The van der Waals surface area contributed by atoms with Gasteiger partial charge in [0, 0.05) is 24.1 Å². The predicted molar refractivity (Wildman–Crippen MR) is 94.0 cm³/mol. The highest BCUT2D eigenvalue weighted by Gasteiger charge is 2.42. The second-order valence-corrected chi connectivity index (χ2v) is 6.45. The average Bonchev–Trinajstić information content (AvgIpc) is 3.39. The Morgan fingerprint density at radius 1 is 1.17 bits per heavy atom. The molecule has 2 aromatic carbocycles. The Balaban J connectivity index is 1.65. The molecule has 2 aromatic rings. The van der Waals surface area contributed by atoms with Gasteiger partial charge in [-0.25, -0.2) is 0 Å². The molecule has 0 radical (unpaired) electrons. The first-order chi connectivity index (χ1) is 11.6. The molecular weight excluding hydrogens is 302 g/mol. The van der Waals surface area contributed by atoms with E-state index in [1.165, 1.54) is 0 Å². The molecule has 3 rings (SSSR count). The van der Waals surface area contributed by atoms with Crippen LogP contribution in [0.5, 0.6) is 5.75 Å². The van der Waals surface area contributed by atoms with Crippen molar-refractivity contribution < 1.29 is 14.6 Å². The van der Waals surface area contributed by atoms with Gasteiger partial charge in [0.1, 0.15) is 5.75 Å². The number of hydrogen-bond donors (Lipinski definition) is 2. The Labute approximate surface area is 142 Å². The Morgan fingerprint density at radius 3 is 2.58 bits per heavy atom. The summed E-state index contributed by atoms with van der Waals surface area (Å²) in [6, 6.07) is 14.5. The topological polar surface area (TPSA) is 58.6 Å². The van der Waals surface area contributed by atoms with Crippen LogP contribution in [0, 0.1) is 5.41 Å². The zero-order valence-corrected chi connectivity index (χ0v) is 13.9. The van der Waals surface area contributed by atoms with Gasteiger partial charge in [-0.3, -0.25) is 4.79 Å². The largest absolute Gasteiger partial charge is 0.508 e. The molecule has 4 heteroatoms. The third kappa shape index (κ3) is 3.95. The van der Waals surface area contributed by atoms with Crippen LogP contribution < -0.4 is 5.32 Å². The molecule has 4 nitrogen and oxygen atoms in total. The summed E-state index contributed by atoms with van der Waals surface area (Å²) >= 11 is 0. The quantitative estimate of drug-likeness (QED) is 0.817. The normalized spacial score (nSPS) is 15.0. The van der Waals surface area contributed by atoms with Gasteiger partial charge in [0.05, 0.1) is 6.61 Å². The van der Waals surface area contributed by atoms with Gasteiger partial charge >= 0.3 is 0 Å². The molecule has 1 saturated carbocycles. The number of phenols is 1. The van der Waals surface area contributed by atoms with E-state index in [0.29, 0.717) is 18.7 Å². The summed E-state index contributed by atoms with van der Waals surface area (Å²) < 4.78 is 5.51. The highest BCUT2D eigenvalue weighted by atomic mass is 16.5. The van der Waals surface area contributed by atoms with Crippen LogP contribution >= 0.6 is 0 Å². The van der Waals surface area contributed by atoms with Crippen molar-refractivity contribution in [2.75, 3.05) is 19.8 Å². The van der Waals surface area contributed by atoms with E-state index in [2.05, 4.69) is 5.32 Å². The van der Waals surface area contributed by atoms with Crippen molar-refractivity contribution in [1.82, 2.24) is 5.32 Å². The Bertz CT molecular complexity index is 705. The first-order valence-corrected chi connectivity index (χ1v) is 8.37. The van der Waals surface area contributed by atoms with Crippen LogP contribution in [0.25, 0.3) is 11.1 Å². The first kappa shape index (κ1) is 16.5. The summed E-state index contributed by atoms with van der Waals surface area (Å²) in [6.45, 7) is 4.08. The second kappa shape index (κ2) is 7.05. The van der Waals surface area contributed by atoms with E-state index in [9.17, 15) is 9.90 Å². The van der Waals surface area contributed by atoms with Crippen LogP contribution in [-0.2, 0) is 4.74 Å². The van der Waals surface area contributed by atoms with E-state index in [0.717, 1.165) is 30.6 Å². The van der Waals surface area contributed by atoms with Crippen molar-refractivity contribution >= 4 is 5.91 Å². The lowest BCUT2D eigenvalue weighted by Gasteiger charge is -2.16. The lowest BCUT2D eigenvalue weighted by molar-refractivity contribution is 0.0864. The number of carbonyl (C=O) groups excluding carboxylic acids is 1. The molecule has 0 unspecified atom stereocenters. The Kier molecular flexibility index (Phi) is 4.86. The summed E-state index contributed by atoms with van der Waals surface area (Å²) in [5.41, 5.74) is 2.71. The maximum atomic E-state index is 12.4. The zero-order valence-electron chi connectivity index (χ0n) is 13.9. The number of phenolic OH excluding ortho intramolecular Hbond substituents is 1. The molecule has 0 atom stereocenters. The monoisotopic (exact) mass is 325 g/mol. The highest BCUT2D eigenvalue weighted by molar-refractivity contribution is 5.95. The number of aromatic hydroxyl groups is 1. The minimum atomic E-state index is -0.0570. The lowest BCUT2D eigenvalue weighted by Crippen LogP contribution is -2.32. The standard InChI is InChI=1S/C20H23NO3/c1-2-24-14-20(10-11-20)13-21-19(23)17-5-3-4-16(12-17)15-6-8-18(22)9-7-15/h3-9,12,22H,2,10-11,13-14H2,1H3,(H,21,23).